The fraction of sp³-hybridized carbons (Fsp3) is 0.750. The third-order valence-electron chi connectivity index (χ3n) is 0.743. The Hall–Kier alpha value is 0.390. The second-order valence-electron chi connectivity index (χ2n) is 1.45. The van der Waals surface area contributed by atoms with E-state index in [1.165, 1.54) is 0 Å². The van der Waals surface area contributed by atoms with Crippen molar-refractivity contribution >= 4 is 37.8 Å². The van der Waals surface area contributed by atoms with E-state index in [1.807, 2.05) is 0 Å². The number of aliphatic hydroxyl groups excluding tert-OH is 1. The lowest BCUT2D eigenvalue weighted by Gasteiger charge is -2.08. The van der Waals surface area contributed by atoms with Gasteiger partial charge in [0, 0.05) is 5.33 Å². The lowest BCUT2D eigenvalue weighted by Crippen LogP contribution is -2.30. The number of halogens is 2. The van der Waals surface area contributed by atoms with Gasteiger partial charge in [-0.3, -0.25) is 0 Å². The van der Waals surface area contributed by atoms with Crippen molar-refractivity contribution in [2.24, 2.45) is 0 Å². The van der Waals surface area contributed by atoms with Crippen LogP contribution in [0, 0.1) is 0 Å². The second-order valence-corrected chi connectivity index (χ2v) is 3.28. The van der Waals surface area contributed by atoms with Crippen LogP contribution in [-0.2, 0) is 4.79 Å². The molecule has 0 aliphatic rings. The van der Waals surface area contributed by atoms with Gasteiger partial charge in [0.05, 0.1) is 4.83 Å². The molecule has 0 amide bonds. The molecule has 0 bridgehead atoms. The molecule has 3 nitrogen and oxygen atoms in total. The van der Waals surface area contributed by atoms with E-state index in [-0.39, 0.29) is 0 Å². The van der Waals surface area contributed by atoms with Crippen LogP contribution < -0.4 is 0 Å². The van der Waals surface area contributed by atoms with Crippen LogP contribution in [0.5, 0.6) is 0 Å². The summed E-state index contributed by atoms with van der Waals surface area (Å²) in [5, 5.41) is 17.3. The van der Waals surface area contributed by atoms with E-state index >= 15 is 0 Å². The van der Waals surface area contributed by atoms with Crippen LogP contribution in [-0.4, -0.2) is 32.4 Å². The van der Waals surface area contributed by atoms with Crippen LogP contribution in [0.4, 0.5) is 0 Å². The molecule has 0 aromatic carbocycles. The molecule has 0 spiro atoms. The van der Waals surface area contributed by atoms with Crippen LogP contribution in [0.1, 0.15) is 0 Å². The maximum absolute atomic E-state index is 10.00. The Morgan fingerprint density at radius 3 is 2.22 bits per heavy atom. The predicted octanol–water partition coefficient (Wildman–Crippen LogP) is 0.590. The van der Waals surface area contributed by atoms with Gasteiger partial charge in [0.2, 0.25) is 0 Å². The summed E-state index contributed by atoms with van der Waals surface area (Å²) in [5.74, 6) is -1.21. The summed E-state index contributed by atoms with van der Waals surface area (Å²) in [4.78, 5) is 9.58. The third-order valence-corrected chi connectivity index (χ3v) is 3.13. The Morgan fingerprint density at radius 2 is 2.11 bits per heavy atom. The molecule has 0 saturated carbocycles. The fourth-order valence-electron chi connectivity index (χ4n) is 0.239. The van der Waals surface area contributed by atoms with Gasteiger partial charge in [0.25, 0.3) is 0 Å². The van der Waals surface area contributed by atoms with Crippen LogP contribution >= 0.6 is 31.9 Å². The van der Waals surface area contributed by atoms with E-state index in [2.05, 4.69) is 31.9 Å². The number of carboxylic acid groups (broad SMARTS) is 1. The van der Waals surface area contributed by atoms with Gasteiger partial charge < -0.3 is 10.2 Å². The highest BCUT2D eigenvalue weighted by Crippen LogP contribution is 2.08. The number of carbonyl (C=O) groups is 1. The minimum atomic E-state index is -1.33. The third kappa shape index (κ3) is 3.17. The first-order chi connectivity index (χ1) is 4.09. The molecule has 0 unspecified atom stereocenters. The molecule has 0 aromatic heterocycles. The van der Waals surface area contributed by atoms with Crippen molar-refractivity contribution < 1.29 is 15.0 Å². The highest BCUT2D eigenvalue weighted by molar-refractivity contribution is 9.12. The molecule has 54 valence electrons. The highest BCUT2D eigenvalue weighted by Gasteiger charge is 2.21. The lowest BCUT2D eigenvalue weighted by molar-refractivity contribution is -0.146. The van der Waals surface area contributed by atoms with E-state index in [9.17, 15) is 4.79 Å². The van der Waals surface area contributed by atoms with Crippen molar-refractivity contribution in [1.29, 1.82) is 0 Å². The van der Waals surface area contributed by atoms with E-state index in [1.54, 1.807) is 0 Å². The number of alkyl halides is 2. The van der Waals surface area contributed by atoms with E-state index in [4.69, 9.17) is 10.2 Å². The van der Waals surface area contributed by atoms with Gasteiger partial charge in [-0.25, -0.2) is 4.79 Å². The molecule has 5 heteroatoms. The highest BCUT2D eigenvalue weighted by atomic mass is 79.9. The Bertz CT molecular complexity index is 106. The van der Waals surface area contributed by atoms with Gasteiger partial charge in [0.1, 0.15) is 0 Å². The van der Waals surface area contributed by atoms with Crippen LogP contribution in [0.2, 0.25) is 0 Å². The number of aliphatic hydroxyl groups is 1. The van der Waals surface area contributed by atoms with Crippen molar-refractivity contribution in [2.45, 2.75) is 10.9 Å². The number of hydrogen-bond acceptors (Lipinski definition) is 2. The molecule has 0 radical (unpaired) electrons. The Balaban J connectivity index is 3.72. The van der Waals surface area contributed by atoms with Gasteiger partial charge in [-0.05, 0) is 0 Å². The number of carboxylic acids is 1. The lowest BCUT2D eigenvalue weighted by atomic mass is 10.3. The van der Waals surface area contributed by atoms with Crippen LogP contribution in [0.25, 0.3) is 0 Å². The van der Waals surface area contributed by atoms with Crippen molar-refractivity contribution in [3.63, 3.8) is 0 Å². The summed E-state index contributed by atoms with van der Waals surface area (Å²) >= 11 is 5.98. The van der Waals surface area contributed by atoms with Crippen LogP contribution in [0.3, 0.4) is 0 Å². The Labute approximate surface area is 69.3 Å². The first-order valence-electron chi connectivity index (χ1n) is 2.20. The molecule has 0 aromatic rings. The van der Waals surface area contributed by atoms with Gasteiger partial charge >= 0.3 is 5.97 Å². The summed E-state index contributed by atoms with van der Waals surface area (Å²) in [6.07, 6.45) is -1.33. The molecular weight excluding hydrogens is 256 g/mol. The maximum Gasteiger partial charge on any atom is 0.333 e. The zero-order valence-electron chi connectivity index (χ0n) is 4.42. The second kappa shape index (κ2) is 4.24. The fourth-order valence-corrected chi connectivity index (χ4v) is 0.819. The van der Waals surface area contributed by atoms with Gasteiger partial charge in [-0.15, -0.1) is 0 Å². The molecule has 0 aliphatic heterocycles. The standard InChI is InChI=1S/C4H6Br2O3/c5-1-2(6)3(7)4(8)9/h2-3,7H,1H2,(H,8,9)/t2-,3+/m1/s1. The SMILES string of the molecule is O=C(O)[C@@H](O)[C@H](Br)CBr. The summed E-state index contributed by atoms with van der Waals surface area (Å²) in [6.45, 7) is 0. The summed E-state index contributed by atoms with van der Waals surface area (Å²) in [6, 6.07) is 0. The first kappa shape index (κ1) is 9.39. The number of rotatable bonds is 3. The molecule has 0 saturated heterocycles. The molecular formula is C4H6Br2O3. The minimum Gasteiger partial charge on any atom is -0.479 e. The Kier molecular flexibility index (Phi) is 4.43. The van der Waals surface area contributed by atoms with Crippen molar-refractivity contribution in [3.05, 3.63) is 0 Å². The predicted molar refractivity (Wildman–Crippen MR) is 40.2 cm³/mol. The number of hydrogen-bond donors (Lipinski definition) is 2. The van der Waals surface area contributed by atoms with Crippen molar-refractivity contribution in [3.8, 4) is 0 Å². The van der Waals surface area contributed by atoms with Crippen molar-refractivity contribution in [1.82, 2.24) is 0 Å². The smallest absolute Gasteiger partial charge is 0.333 e. The first-order valence-corrected chi connectivity index (χ1v) is 4.24. The van der Waals surface area contributed by atoms with E-state index in [0.717, 1.165) is 0 Å². The van der Waals surface area contributed by atoms with Gasteiger partial charge in [0.15, 0.2) is 6.10 Å². The average Bonchev–Trinajstić information content (AvgIpc) is 1.84. The molecule has 2 atom stereocenters. The minimum absolute atomic E-state index is 0.417. The van der Waals surface area contributed by atoms with Crippen molar-refractivity contribution in [2.75, 3.05) is 5.33 Å². The average molecular weight is 262 g/mol. The summed E-state index contributed by atoms with van der Waals surface area (Å²) in [7, 11) is 0. The van der Waals surface area contributed by atoms with Gasteiger partial charge in [-0.1, -0.05) is 31.9 Å². The van der Waals surface area contributed by atoms with E-state index < -0.39 is 16.9 Å². The quantitative estimate of drug-likeness (QED) is 0.732. The molecule has 0 aliphatic carbocycles. The number of aliphatic carboxylic acids is 1. The summed E-state index contributed by atoms with van der Waals surface area (Å²) < 4.78 is 0. The Morgan fingerprint density at radius 1 is 1.67 bits per heavy atom. The molecule has 2 N–H and O–H groups in total. The zero-order chi connectivity index (χ0) is 7.44. The van der Waals surface area contributed by atoms with Crippen LogP contribution in [0.15, 0.2) is 0 Å². The van der Waals surface area contributed by atoms with Gasteiger partial charge in [-0.2, -0.15) is 0 Å². The normalized spacial score (nSPS) is 16.8. The molecule has 0 heterocycles. The maximum atomic E-state index is 10.00. The monoisotopic (exact) mass is 260 g/mol. The largest absolute Gasteiger partial charge is 0.479 e. The zero-order valence-corrected chi connectivity index (χ0v) is 7.59. The topological polar surface area (TPSA) is 57.5 Å². The molecule has 0 rings (SSSR count). The van der Waals surface area contributed by atoms with E-state index in [0.29, 0.717) is 5.33 Å². The summed E-state index contributed by atoms with van der Waals surface area (Å²) in [5.41, 5.74) is 0. The molecule has 0 fully saturated rings. The molecule has 9 heavy (non-hydrogen) atoms.